The van der Waals surface area contributed by atoms with E-state index in [1.807, 2.05) is 24.3 Å². The van der Waals surface area contributed by atoms with E-state index in [0.717, 1.165) is 15.6 Å². The van der Waals surface area contributed by atoms with Gasteiger partial charge in [0.2, 0.25) is 0 Å². The molecule has 0 aliphatic heterocycles. The van der Waals surface area contributed by atoms with Gasteiger partial charge in [0.25, 0.3) is 0 Å². The van der Waals surface area contributed by atoms with E-state index in [4.69, 9.17) is 11.6 Å². The van der Waals surface area contributed by atoms with Gasteiger partial charge in [-0.3, -0.25) is 0 Å². The Labute approximate surface area is 85.7 Å². The van der Waals surface area contributed by atoms with Crippen molar-refractivity contribution in [1.29, 1.82) is 0 Å². The lowest BCUT2D eigenvalue weighted by atomic mass is 10.1. The molecule has 1 aromatic rings. The minimum atomic E-state index is 0.534. The third-order valence-electron chi connectivity index (χ3n) is 1.51. The number of hydrogen-bond acceptors (Lipinski definition) is 0. The molecule has 0 saturated heterocycles. The summed E-state index contributed by atoms with van der Waals surface area (Å²) in [5.74, 6) is 0. The summed E-state index contributed by atoms with van der Waals surface area (Å²) in [5, 5.41) is 0.534. The van der Waals surface area contributed by atoms with Gasteiger partial charge in [0, 0.05) is 15.1 Å². The van der Waals surface area contributed by atoms with Crippen LogP contribution in [0.2, 0.25) is 0 Å². The summed E-state index contributed by atoms with van der Waals surface area (Å²) in [7, 11) is 0. The van der Waals surface area contributed by atoms with E-state index >= 15 is 0 Å². The minimum Gasteiger partial charge on any atom is -0.0843 e. The Morgan fingerprint density at radius 3 is 2.00 bits per heavy atom. The highest BCUT2D eigenvalue weighted by Crippen LogP contribution is 2.28. The van der Waals surface area contributed by atoms with Crippen molar-refractivity contribution in [3.63, 3.8) is 0 Å². The number of hydrogen-bond donors (Lipinski definition) is 0. The van der Waals surface area contributed by atoms with Crippen molar-refractivity contribution in [3.05, 3.63) is 48.6 Å². The Morgan fingerprint density at radius 1 is 1.17 bits per heavy atom. The van der Waals surface area contributed by atoms with Gasteiger partial charge in [-0.2, -0.15) is 0 Å². The highest BCUT2D eigenvalue weighted by atomic mass is 79.9. The van der Waals surface area contributed by atoms with E-state index in [2.05, 4.69) is 29.1 Å². The Kier molecular flexibility index (Phi) is 3.12. The fourth-order valence-electron chi connectivity index (χ4n) is 0.956. The predicted octanol–water partition coefficient (Wildman–Crippen LogP) is 4.26. The molecule has 0 unspecified atom stereocenters. The highest BCUT2D eigenvalue weighted by Gasteiger charge is 2.03. The van der Waals surface area contributed by atoms with Crippen molar-refractivity contribution >= 4 is 37.0 Å². The van der Waals surface area contributed by atoms with Gasteiger partial charge < -0.3 is 0 Å². The van der Waals surface area contributed by atoms with Gasteiger partial charge >= 0.3 is 0 Å². The Hall–Kier alpha value is -0.530. The fourth-order valence-corrected chi connectivity index (χ4v) is 1.47. The molecular formula is C10H8BrCl. The molecule has 0 heterocycles. The zero-order chi connectivity index (χ0) is 9.14. The second-order valence-corrected chi connectivity index (χ2v) is 3.77. The average molecular weight is 244 g/mol. The maximum atomic E-state index is 5.80. The normalized spacial score (nSPS) is 9.50. The number of halogens is 2. The minimum absolute atomic E-state index is 0.534. The van der Waals surface area contributed by atoms with Gasteiger partial charge in [0.15, 0.2) is 0 Å². The fraction of sp³-hybridized carbons (Fsp3) is 0. The van der Waals surface area contributed by atoms with E-state index in [1.165, 1.54) is 0 Å². The number of rotatable bonds is 2. The molecule has 0 atom stereocenters. The first-order valence-corrected chi connectivity index (χ1v) is 4.58. The largest absolute Gasteiger partial charge is 0.0843 e. The molecule has 0 aromatic heterocycles. The lowest BCUT2D eigenvalue weighted by molar-refractivity contribution is 1.60. The first kappa shape index (κ1) is 9.56. The first-order valence-electron chi connectivity index (χ1n) is 3.41. The first-order chi connectivity index (χ1) is 5.63. The highest BCUT2D eigenvalue weighted by molar-refractivity contribution is 9.15. The topological polar surface area (TPSA) is 0 Å². The van der Waals surface area contributed by atoms with E-state index in [1.54, 1.807) is 0 Å². The van der Waals surface area contributed by atoms with Crippen LogP contribution in [0.25, 0.3) is 9.51 Å². The van der Waals surface area contributed by atoms with Crippen molar-refractivity contribution in [1.82, 2.24) is 0 Å². The average Bonchev–Trinajstić information content (AvgIpc) is 2.04. The zero-order valence-electron chi connectivity index (χ0n) is 6.48. The summed E-state index contributed by atoms with van der Waals surface area (Å²) in [6, 6.07) is 7.71. The molecule has 0 radical (unpaired) electrons. The summed E-state index contributed by atoms with van der Waals surface area (Å²) in [6.45, 7) is 7.46. The lowest BCUT2D eigenvalue weighted by Crippen LogP contribution is -1.83. The van der Waals surface area contributed by atoms with Crippen LogP contribution < -0.4 is 0 Å². The second-order valence-electron chi connectivity index (χ2n) is 2.36. The molecule has 0 saturated carbocycles. The van der Waals surface area contributed by atoms with Crippen LogP contribution in [0.5, 0.6) is 0 Å². The van der Waals surface area contributed by atoms with E-state index in [-0.39, 0.29) is 0 Å². The van der Waals surface area contributed by atoms with E-state index < -0.39 is 0 Å². The molecule has 0 aliphatic rings. The summed E-state index contributed by atoms with van der Waals surface area (Å²) in [6.07, 6.45) is 0. The molecule has 0 bridgehead atoms. The number of benzene rings is 1. The molecule has 0 fully saturated rings. The Bertz CT molecular complexity index is 295. The lowest BCUT2D eigenvalue weighted by Gasteiger charge is -2.04. The molecule has 0 aliphatic carbocycles. The molecule has 12 heavy (non-hydrogen) atoms. The maximum absolute atomic E-state index is 5.80. The van der Waals surface area contributed by atoms with Gasteiger partial charge in [-0.1, -0.05) is 65.0 Å². The molecular weight excluding hydrogens is 235 g/mol. The van der Waals surface area contributed by atoms with Crippen LogP contribution in [-0.2, 0) is 0 Å². The third-order valence-corrected chi connectivity index (χ3v) is 2.14. The summed E-state index contributed by atoms with van der Waals surface area (Å²) in [4.78, 5) is 0. The molecule has 0 spiro atoms. The van der Waals surface area contributed by atoms with Crippen LogP contribution in [0.15, 0.2) is 37.4 Å². The van der Waals surface area contributed by atoms with Crippen LogP contribution >= 0.6 is 27.5 Å². The smallest absolute Gasteiger partial charge is 0.0413 e. The van der Waals surface area contributed by atoms with Gasteiger partial charge in [0.05, 0.1) is 0 Å². The monoisotopic (exact) mass is 242 g/mol. The molecule has 62 valence electrons. The molecule has 1 aromatic carbocycles. The predicted molar refractivity (Wildman–Crippen MR) is 59.3 cm³/mol. The van der Waals surface area contributed by atoms with Gasteiger partial charge in [-0.05, 0) is 5.56 Å². The molecule has 0 nitrogen and oxygen atoms in total. The van der Waals surface area contributed by atoms with Gasteiger partial charge in [0.1, 0.15) is 0 Å². The van der Waals surface area contributed by atoms with Crippen molar-refractivity contribution in [2.75, 3.05) is 0 Å². The van der Waals surface area contributed by atoms with Crippen molar-refractivity contribution < 1.29 is 0 Å². The Morgan fingerprint density at radius 2 is 1.67 bits per heavy atom. The zero-order valence-corrected chi connectivity index (χ0v) is 8.82. The van der Waals surface area contributed by atoms with Crippen LogP contribution in [-0.4, -0.2) is 0 Å². The van der Waals surface area contributed by atoms with E-state index in [0.29, 0.717) is 5.03 Å². The SMILES string of the molecule is C=C(Cl)c1ccccc1C(=C)Br. The van der Waals surface area contributed by atoms with Crippen molar-refractivity contribution in [2.45, 2.75) is 0 Å². The molecule has 0 amide bonds. The Balaban J connectivity index is 3.27. The summed E-state index contributed by atoms with van der Waals surface area (Å²) in [5.41, 5.74) is 1.90. The van der Waals surface area contributed by atoms with Crippen LogP contribution in [0.1, 0.15) is 11.1 Å². The van der Waals surface area contributed by atoms with E-state index in [9.17, 15) is 0 Å². The van der Waals surface area contributed by atoms with Crippen molar-refractivity contribution in [2.24, 2.45) is 0 Å². The molecule has 1 rings (SSSR count). The third kappa shape index (κ3) is 1.99. The van der Waals surface area contributed by atoms with Crippen LogP contribution in [0, 0.1) is 0 Å². The second kappa shape index (κ2) is 3.92. The van der Waals surface area contributed by atoms with Gasteiger partial charge in [-0.15, -0.1) is 0 Å². The standard InChI is InChI=1S/C10H8BrCl/c1-7(11)9-5-3-4-6-10(9)8(2)12/h3-6H,1-2H2. The summed E-state index contributed by atoms with van der Waals surface area (Å²) >= 11 is 9.10. The van der Waals surface area contributed by atoms with Gasteiger partial charge in [-0.25, -0.2) is 0 Å². The summed E-state index contributed by atoms with van der Waals surface area (Å²) < 4.78 is 0.819. The van der Waals surface area contributed by atoms with Crippen molar-refractivity contribution in [3.8, 4) is 0 Å². The van der Waals surface area contributed by atoms with Crippen LogP contribution in [0.4, 0.5) is 0 Å². The van der Waals surface area contributed by atoms with Crippen LogP contribution in [0.3, 0.4) is 0 Å². The maximum Gasteiger partial charge on any atom is 0.0413 e. The quantitative estimate of drug-likeness (QED) is 0.728. The molecule has 0 N–H and O–H groups in total. The molecule has 2 heteroatoms.